The number of rotatable bonds is 1. The molecule has 2 atom stereocenters. The van der Waals surface area contributed by atoms with Crippen molar-refractivity contribution in [3.63, 3.8) is 0 Å². The average molecular weight is 298 g/mol. The molecule has 0 saturated heterocycles. The molecule has 1 N–H and O–H groups in total. The van der Waals surface area contributed by atoms with Crippen LogP contribution in [0.25, 0.3) is 0 Å². The molecule has 0 amide bonds. The normalized spacial score (nSPS) is 29.4. The Hall–Kier alpha value is -1.57. The third-order valence-corrected chi connectivity index (χ3v) is 5.83. The smallest absolute Gasteiger partial charge is 0.163 e. The van der Waals surface area contributed by atoms with Crippen LogP contribution in [0.2, 0.25) is 0 Å². The molecular formula is C20H26O2. The summed E-state index contributed by atoms with van der Waals surface area (Å²) in [6.45, 7) is 10.8. The number of fused-ring (bicyclic) bond motifs is 3. The molecular weight excluding hydrogens is 272 g/mol. The van der Waals surface area contributed by atoms with Crippen LogP contribution in [-0.4, -0.2) is 10.9 Å². The Morgan fingerprint density at radius 3 is 2.55 bits per heavy atom. The maximum Gasteiger partial charge on any atom is 0.163 e. The summed E-state index contributed by atoms with van der Waals surface area (Å²) in [5, 5.41) is 10.4. The number of phenols is 1. The number of aromatic hydroxyl groups is 1. The minimum atomic E-state index is -0.169. The molecule has 2 aliphatic rings. The number of hydrogen-bond acceptors (Lipinski definition) is 2. The Bertz CT molecular complexity index is 667. The summed E-state index contributed by atoms with van der Waals surface area (Å²) in [4.78, 5) is 12.8. The van der Waals surface area contributed by atoms with Crippen LogP contribution in [0.4, 0.5) is 0 Å². The van der Waals surface area contributed by atoms with Crippen LogP contribution < -0.4 is 0 Å². The zero-order valence-corrected chi connectivity index (χ0v) is 14.2. The molecule has 118 valence electrons. The second-order valence-electron chi connectivity index (χ2n) is 8.17. The maximum absolute atomic E-state index is 12.8. The molecule has 0 saturated carbocycles. The number of phenolic OH excluding ortho intramolecular Hbond substituents is 1. The van der Waals surface area contributed by atoms with E-state index >= 15 is 0 Å². The first-order chi connectivity index (χ1) is 10.2. The van der Waals surface area contributed by atoms with Gasteiger partial charge in [0.05, 0.1) is 0 Å². The van der Waals surface area contributed by atoms with E-state index in [1.807, 2.05) is 26.0 Å². The van der Waals surface area contributed by atoms with Gasteiger partial charge < -0.3 is 5.11 Å². The van der Waals surface area contributed by atoms with Gasteiger partial charge in [-0.2, -0.15) is 0 Å². The lowest BCUT2D eigenvalue weighted by Crippen LogP contribution is -2.47. The molecule has 1 aromatic rings. The summed E-state index contributed by atoms with van der Waals surface area (Å²) in [6, 6.07) is 3.77. The van der Waals surface area contributed by atoms with E-state index in [1.165, 1.54) is 0 Å². The van der Waals surface area contributed by atoms with E-state index in [1.54, 1.807) is 0 Å². The molecule has 2 nitrogen and oxygen atoms in total. The molecule has 2 unspecified atom stereocenters. The predicted octanol–water partition coefficient (Wildman–Crippen LogP) is 4.96. The van der Waals surface area contributed by atoms with Gasteiger partial charge in [-0.15, -0.1) is 0 Å². The Labute approximate surface area is 133 Å². The fourth-order valence-electron chi connectivity index (χ4n) is 4.48. The Morgan fingerprint density at radius 1 is 1.23 bits per heavy atom. The van der Waals surface area contributed by atoms with E-state index in [9.17, 15) is 9.90 Å². The topological polar surface area (TPSA) is 37.3 Å². The van der Waals surface area contributed by atoms with Gasteiger partial charge in [0.25, 0.3) is 0 Å². The minimum absolute atomic E-state index is 0.100. The van der Waals surface area contributed by atoms with Gasteiger partial charge in [0.15, 0.2) is 5.78 Å². The lowest BCUT2D eigenvalue weighted by molar-refractivity contribution is 0.0744. The van der Waals surface area contributed by atoms with E-state index in [0.717, 1.165) is 23.1 Å². The summed E-state index contributed by atoms with van der Waals surface area (Å²) in [6.07, 6.45) is 6.10. The molecule has 3 rings (SSSR count). The number of ketones is 1. The Balaban J connectivity index is 2.25. The van der Waals surface area contributed by atoms with Gasteiger partial charge in [-0.25, -0.2) is 0 Å². The second kappa shape index (κ2) is 4.71. The van der Waals surface area contributed by atoms with E-state index in [0.29, 0.717) is 12.2 Å². The van der Waals surface area contributed by atoms with E-state index in [2.05, 4.69) is 32.9 Å². The van der Waals surface area contributed by atoms with Crippen LogP contribution >= 0.6 is 0 Å². The van der Waals surface area contributed by atoms with Crippen molar-refractivity contribution in [2.75, 3.05) is 0 Å². The van der Waals surface area contributed by atoms with Gasteiger partial charge >= 0.3 is 0 Å². The fraction of sp³-hybridized carbons (Fsp3) is 0.550. The molecule has 2 aliphatic carbocycles. The number of carbonyl (C=O) groups excluding carboxylic acids is 1. The molecule has 0 radical (unpaired) electrons. The van der Waals surface area contributed by atoms with Gasteiger partial charge in [-0.3, -0.25) is 4.79 Å². The van der Waals surface area contributed by atoms with Gasteiger partial charge in [-0.05, 0) is 46.9 Å². The van der Waals surface area contributed by atoms with Crippen LogP contribution in [0.1, 0.15) is 74.9 Å². The highest BCUT2D eigenvalue weighted by Gasteiger charge is 2.50. The molecule has 0 bridgehead atoms. The highest BCUT2D eigenvalue weighted by atomic mass is 16.3. The number of allylic oxidation sites excluding steroid dienone is 2. The number of hydrogen-bond donors (Lipinski definition) is 1. The first kappa shape index (κ1) is 15.3. The van der Waals surface area contributed by atoms with E-state index in [4.69, 9.17) is 0 Å². The zero-order valence-electron chi connectivity index (χ0n) is 14.2. The molecule has 0 aliphatic heterocycles. The number of carbonyl (C=O) groups is 1. The quantitative estimate of drug-likeness (QED) is 0.744. The van der Waals surface area contributed by atoms with Crippen molar-refractivity contribution < 1.29 is 9.90 Å². The molecule has 22 heavy (non-hydrogen) atoms. The van der Waals surface area contributed by atoms with E-state index in [-0.39, 0.29) is 28.4 Å². The summed E-state index contributed by atoms with van der Waals surface area (Å²) in [5.74, 6) is 1.04. The molecule has 0 spiro atoms. The van der Waals surface area contributed by atoms with Gasteiger partial charge in [0, 0.05) is 17.4 Å². The van der Waals surface area contributed by atoms with Crippen molar-refractivity contribution in [1.82, 2.24) is 0 Å². The molecule has 0 fully saturated rings. The van der Waals surface area contributed by atoms with Crippen molar-refractivity contribution in [2.24, 2.45) is 11.3 Å². The predicted molar refractivity (Wildman–Crippen MR) is 89.5 cm³/mol. The van der Waals surface area contributed by atoms with Crippen molar-refractivity contribution in [1.29, 1.82) is 0 Å². The average Bonchev–Trinajstić information content (AvgIpc) is 2.41. The Morgan fingerprint density at radius 2 is 1.91 bits per heavy atom. The summed E-state index contributed by atoms with van der Waals surface area (Å²) < 4.78 is 0. The third-order valence-electron chi connectivity index (χ3n) is 5.83. The van der Waals surface area contributed by atoms with E-state index < -0.39 is 0 Å². The van der Waals surface area contributed by atoms with Crippen molar-refractivity contribution in [2.45, 2.75) is 58.8 Å². The van der Waals surface area contributed by atoms with Crippen molar-refractivity contribution in [3.8, 4) is 5.75 Å². The SMILES string of the molecule is CC(C)c1cc2c(cc1O)C1(C)C=CCC(C)(C)C1CC2=O. The van der Waals surface area contributed by atoms with Crippen LogP contribution in [0.3, 0.4) is 0 Å². The molecule has 2 heteroatoms. The summed E-state index contributed by atoms with van der Waals surface area (Å²) in [7, 11) is 0. The third kappa shape index (κ3) is 2.04. The van der Waals surface area contributed by atoms with Crippen LogP contribution in [0.5, 0.6) is 5.75 Å². The van der Waals surface area contributed by atoms with Crippen LogP contribution in [0.15, 0.2) is 24.3 Å². The number of Topliss-reactive ketones (excluding diaryl/α,β-unsaturated/α-hetero) is 1. The molecule has 0 aromatic heterocycles. The minimum Gasteiger partial charge on any atom is -0.508 e. The molecule has 0 heterocycles. The summed E-state index contributed by atoms with van der Waals surface area (Å²) >= 11 is 0. The first-order valence-electron chi connectivity index (χ1n) is 8.25. The summed E-state index contributed by atoms with van der Waals surface area (Å²) in [5.41, 5.74) is 2.61. The Kier molecular flexibility index (Phi) is 3.28. The number of benzene rings is 1. The fourth-order valence-corrected chi connectivity index (χ4v) is 4.48. The van der Waals surface area contributed by atoms with Crippen molar-refractivity contribution in [3.05, 3.63) is 41.0 Å². The second-order valence-corrected chi connectivity index (χ2v) is 8.17. The lowest BCUT2D eigenvalue weighted by atomic mass is 9.52. The zero-order chi connectivity index (χ0) is 16.3. The van der Waals surface area contributed by atoms with Crippen LogP contribution in [-0.2, 0) is 5.41 Å². The van der Waals surface area contributed by atoms with Gasteiger partial charge in [0.2, 0.25) is 0 Å². The highest BCUT2D eigenvalue weighted by molar-refractivity contribution is 6.00. The van der Waals surface area contributed by atoms with Crippen molar-refractivity contribution >= 4 is 5.78 Å². The maximum atomic E-state index is 12.8. The monoisotopic (exact) mass is 298 g/mol. The largest absolute Gasteiger partial charge is 0.508 e. The standard InChI is InChI=1S/C20H26O2/c1-12(2)13-9-14-15(10-16(13)21)20(5)8-6-7-19(3,4)18(20)11-17(14)22/h6,8-10,12,18,21H,7,11H2,1-5H3. The van der Waals surface area contributed by atoms with Crippen LogP contribution in [0, 0.1) is 11.3 Å². The highest BCUT2D eigenvalue weighted by Crippen LogP contribution is 2.55. The lowest BCUT2D eigenvalue weighted by Gasteiger charge is -2.51. The first-order valence-corrected chi connectivity index (χ1v) is 8.25. The molecule has 1 aromatic carbocycles. The van der Waals surface area contributed by atoms with Gasteiger partial charge in [0.1, 0.15) is 5.75 Å². The van der Waals surface area contributed by atoms with Gasteiger partial charge in [-0.1, -0.05) is 46.8 Å².